The molecule has 5 nitrogen and oxygen atoms in total. The monoisotopic (exact) mass is 447 g/mol. The number of hydrogen-bond donors (Lipinski definition) is 0. The van der Waals surface area contributed by atoms with Gasteiger partial charge in [0, 0.05) is 41.5 Å². The van der Waals surface area contributed by atoms with Gasteiger partial charge in [-0.3, -0.25) is 14.4 Å². The predicted octanol–water partition coefficient (Wildman–Crippen LogP) is 4.73. The lowest BCUT2D eigenvalue weighted by molar-refractivity contribution is -0.151. The van der Waals surface area contributed by atoms with Gasteiger partial charge in [-0.2, -0.15) is 0 Å². The van der Waals surface area contributed by atoms with E-state index in [0.717, 1.165) is 16.8 Å². The molecule has 0 bridgehead atoms. The first-order chi connectivity index (χ1) is 14.3. The van der Waals surface area contributed by atoms with E-state index in [1.807, 2.05) is 32.0 Å². The van der Waals surface area contributed by atoms with Crippen LogP contribution in [-0.4, -0.2) is 36.2 Å². The molecule has 2 aromatic rings. The number of benzene rings is 2. The van der Waals surface area contributed by atoms with Crippen molar-refractivity contribution in [3.05, 3.63) is 64.2 Å². The Morgan fingerprint density at radius 3 is 2.37 bits per heavy atom. The second-order valence-electron chi connectivity index (χ2n) is 7.42. The van der Waals surface area contributed by atoms with Crippen molar-refractivity contribution in [1.29, 1.82) is 0 Å². The van der Waals surface area contributed by atoms with Crippen LogP contribution in [0.1, 0.15) is 34.3 Å². The molecule has 2 aromatic carbocycles. The molecule has 2 atom stereocenters. The van der Waals surface area contributed by atoms with Gasteiger partial charge in [-0.05, 0) is 49.2 Å². The van der Waals surface area contributed by atoms with Gasteiger partial charge in [-0.15, -0.1) is 11.6 Å². The largest absolute Gasteiger partial charge is 0.454 e. The van der Waals surface area contributed by atoms with Crippen LogP contribution >= 0.6 is 23.2 Å². The van der Waals surface area contributed by atoms with Crippen molar-refractivity contribution in [2.24, 2.45) is 5.92 Å². The van der Waals surface area contributed by atoms with Crippen LogP contribution in [0.5, 0.6) is 0 Å². The number of aryl methyl sites for hydroxylation is 2. The normalized spacial score (nSPS) is 17.1. The highest BCUT2D eigenvalue weighted by Crippen LogP contribution is 2.31. The summed E-state index contributed by atoms with van der Waals surface area (Å²) in [6.07, 6.45) is -0.758. The number of ether oxygens (including phenoxy) is 1. The van der Waals surface area contributed by atoms with Gasteiger partial charge in [-0.1, -0.05) is 29.8 Å². The Hall–Kier alpha value is -2.37. The van der Waals surface area contributed by atoms with Crippen molar-refractivity contribution >= 4 is 46.5 Å². The van der Waals surface area contributed by atoms with Crippen LogP contribution in [0.25, 0.3) is 0 Å². The zero-order valence-electron chi connectivity index (χ0n) is 16.9. The minimum atomic E-state index is -1.000. The van der Waals surface area contributed by atoms with Crippen LogP contribution in [0.3, 0.4) is 0 Å². The minimum absolute atomic E-state index is 0.0509. The molecule has 1 heterocycles. The summed E-state index contributed by atoms with van der Waals surface area (Å²) in [5.74, 6) is -1.50. The lowest BCUT2D eigenvalue weighted by Crippen LogP contribution is -2.32. The average Bonchev–Trinajstić information content (AvgIpc) is 3.09. The number of amides is 1. The molecule has 1 fully saturated rings. The van der Waals surface area contributed by atoms with Gasteiger partial charge in [0.05, 0.1) is 5.92 Å². The summed E-state index contributed by atoms with van der Waals surface area (Å²) in [6, 6.07) is 12.2. The van der Waals surface area contributed by atoms with Crippen molar-refractivity contribution in [1.82, 2.24) is 0 Å². The molecule has 3 rings (SSSR count). The van der Waals surface area contributed by atoms with Crippen molar-refractivity contribution in [3.63, 3.8) is 0 Å². The number of alkyl halides is 1. The molecular weight excluding hydrogens is 425 g/mol. The first-order valence-electron chi connectivity index (χ1n) is 9.74. The minimum Gasteiger partial charge on any atom is -0.454 e. The predicted molar refractivity (Wildman–Crippen MR) is 117 cm³/mol. The number of carbonyl (C=O) groups is 3. The van der Waals surface area contributed by atoms with Crippen molar-refractivity contribution < 1.29 is 19.1 Å². The summed E-state index contributed by atoms with van der Waals surface area (Å²) in [5.41, 5.74) is 3.15. The number of halogens is 2. The summed E-state index contributed by atoms with van der Waals surface area (Å²) in [4.78, 5) is 39.8. The molecule has 7 heteroatoms. The van der Waals surface area contributed by atoms with Gasteiger partial charge in [0.15, 0.2) is 6.10 Å². The molecule has 1 amide bonds. The highest BCUT2D eigenvalue weighted by Gasteiger charge is 2.38. The summed E-state index contributed by atoms with van der Waals surface area (Å²) in [5, 5.41) is 0.508. The maximum absolute atomic E-state index is 12.8. The van der Waals surface area contributed by atoms with Gasteiger partial charge in [0.25, 0.3) is 0 Å². The first-order valence-corrected chi connectivity index (χ1v) is 10.7. The standard InChI is InChI=1S/C23H23Cl2NO4/c1-14-4-3-5-15(2)21(14)26-13-17(12-20(26)27)23(29)30-19(10-11-24)22(28)16-6-8-18(25)9-7-16/h3-9,17,19H,10-13H2,1-2H3/t17-,19-/m0/s1. The van der Waals surface area contributed by atoms with E-state index in [-0.39, 0.29) is 37.0 Å². The highest BCUT2D eigenvalue weighted by atomic mass is 35.5. The number of carbonyl (C=O) groups excluding carboxylic acids is 3. The quantitative estimate of drug-likeness (QED) is 0.349. The van der Waals surface area contributed by atoms with E-state index in [0.29, 0.717) is 10.6 Å². The molecule has 0 radical (unpaired) electrons. The third kappa shape index (κ3) is 4.85. The smallest absolute Gasteiger partial charge is 0.312 e. The van der Waals surface area contributed by atoms with Crippen LogP contribution in [-0.2, 0) is 14.3 Å². The number of rotatable bonds is 7. The summed E-state index contributed by atoms with van der Waals surface area (Å²) < 4.78 is 5.53. The van der Waals surface area contributed by atoms with Crippen LogP contribution in [0.2, 0.25) is 5.02 Å². The lowest BCUT2D eigenvalue weighted by Gasteiger charge is -2.22. The highest BCUT2D eigenvalue weighted by molar-refractivity contribution is 6.30. The zero-order valence-corrected chi connectivity index (χ0v) is 18.4. The number of esters is 1. The first kappa shape index (κ1) is 22.3. The van der Waals surface area contributed by atoms with Crippen molar-refractivity contribution in [3.8, 4) is 0 Å². The van der Waals surface area contributed by atoms with E-state index >= 15 is 0 Å². The number of Topliss-reactive ketones (excluding diaryl/α,β-unsaturated/α-hetero) is 1. The van der Waals surface area contributed by atoms with Crippen molar-refractivity contribution in [2.45, 2.75) is 32.8 Å². The molecule has 0 saturated carbocycles. The van der Waals surface area contributed by atoms with Crippen LogP contribution in [0, 0.1) is 19.8 Å². The van der Waals surface area contributed by atoms with E-state index < -0.39 is 18.0 Å². The molecule has 0 aromatic heterocycles. The maximum Gasteiger partial charge on any atom is 0.312 e. The number of nitrogens with zero attached hydrogens (tertiary/aromatic N) is 1. The van der Waals surface area contributed by atoms with Gasteiger partial charge in [0.2, 0.25) is 11.7 Å². The molecule has 158 valence electrons. The van der Waals surface area contributed by atoms with Crippen molar-refractivity contribution in [2.75, 3.05) is 17.3 Å². The maximum atomic E-state index is 12.8. The molecule has 30 heavy (non-hydrogen) atoms. The van der Waals surface area contributed by atoms with E-state index in [4.69, 9.17) is 27.9 Å². The Bertz CT molecular complexity index is 938. The van der Waals surface area contributed by atoms with Gasteiger partial charge in [-0.25, -0.2) is 0 Å². The molecule has 1 saturated heterocycles. The number of ketones is 1. The Morgan fingerprint density at radius 1 is 1.13 bits per heavy atom. The van der Waals surface area contributed by atoms with E-state index in [1.54, 1.807) is 29.2 Å². The molecular formula is C23H23Cl2NO4. The van der Waals surface area contributed by atoms with Crippen LogP contribution < -0.4 is 4.90 Å². The van der Waals surface area contributed by atoms with Gasteiger partial charge in [0.1, 0.15) is 0 Å². The number of anilines is 1. The fraction of sp³-hybridized carbons (Fsp3) is 0.348. The Balaban J connectivity index is 1.73. The topological polar surface area (TPSA) is 63.7 Å². The second kappa shape index (κ2) is 9.63. The second-order valence-corrected chi connectivity index (χ2v) is 8.23. The third-order valence-corrected chi connectivity index (χ3v) is 5.69. The molecule has 1 aliphatic heterocycles. The molecule has 0 spiro atoms. The number of hydrogen-bond acceptors (Lipinski definition) is 4. The molecule has 0 N–H and O–H groups in total. The number of para-hydroxylation sites is 1. The Morgan fingerprint density at radius 2 is 1.77 bits per heavy atom. The molecule has 0 unspecified atom stereocenters. The Kier molecular flexibility index (Phi) is 7.16. The van der Waals surface area contributed by atoms with E-state index in [9.17, 15) is 14.4 Å². The fourth-order valence-electron chi connectivity index (χ4n) is 3.69. The SMILES string of the molecule is Cc1cccc(C)c1N1C[C@@H](C(=O)O[C@@H](CCCl)C(=O)c2ccc(Cl)cc2)CC1=O. The Labute approximate surface area is 185 Å². The van der Waals surface area contributed by atoms with Gasteiger partial charge >= 0.3 is 5.97 Å². The van der Waals surface area contributed by atoms with E-state index in [2.05, 4.69) is 0 Å². The average molecular weight is 448 g/mol. The van der Waals surface area contributed by atoms with Gasteiger partial charge < -0.3 is 9.64 Å². The lowest BCUT2D eigenvalue weighted by atomic mass is 10.0. The summed E-state index contributed by atoms with van der Waals surface area (Å²) in [6.45, 7) is 4.09. The summed E-state index contributed by atoms with van der Waals surface area (Å²) >= 11 is 11.7. The molecule has 0 aliphatic carbocycles. The third-order valence-electron chi connectivity index (χ3n) is 5.22. The van der Waals surface area contributed by atoms with E-state index in [1.165, 1.54) is 0 Å². The van der Waals surface area contributed by atoms with Crippen LogP contribution in [0.4, 0.5) is 5.69 Å². The zero-order chi connectivity index (χ0) is 21.8. The molecule has 1 aliphatic rings. The summed E-state index contributed by atoms with van der Waals surface area (Å²) in [7, 11) is 0. The van der Waals surface area contributed by atoms with Crippen LogP contribution in [0.15, 0.2) is 42.5 Å². The fourth-order valence-corrected chi connectivity index (χ4v) is 4.02.